The van der Waals surface area contributed by atoms with Gasteiger partial charge in [0, 0.05) is 31.1 Å². The fourth-order valence-electron chi connectivity index (χ4n) is 4.39. The van der Waals surface area contributed by atoms with E-state index in [1.807, 2.05) is 42.5 Å². The first-order chi connectivity index (χ1) is 15.1. The normalized spacial score (nSPS) is 19.0. The van der Waals surface area contributed by atoms with Crippen LogP contribution in [0.1, 0.15) is 18.4 Å². The molecule has 1 amide bonds. The van der Waals surface area contributed by atoms with Crippen LogP contribution < -0.4 is 15.2 Å². The Kier molecular flexibility index (Phi) is 5.34. The van der Waals surface area contributed by atoms with E-state index in [2.05, 4.69) is 21.2 Å². The number of aromatic amines is 1. The summed E-state index contributed by atoms with van der Waals surface area (Å²) in [6.07, 6.45) is 4.44. The fourth-order valence-corrected chi connectivity index (χ4v) is 4.39. The highest BCUT2D eigenvalue weighted by molar-refractivity contribution is 5.76. The molecule has 0 aliphatic carbocycles. The highest BCUT2D eigenvalue weighted by Gasteiger charge is 2.29. The SMILES string of the molecule is NC(=O)C1CCN(CC2Cc3ccc(Oc4ccc(-c5ccn[nH]5)cc4)cc3O2)CC1. The number of primary amides is 1. The van der Waals surface area contributed by atoms with E-state index in [1.54, 1.807) is 6.20 Å². The van der Waals surface area contributed by atoms with Gasteiger partial charge in [0.1, 0.15) is 23.4 Å². The van der Waals surface area contributed by atoms with E-state index in [0.29, 0.717) is 0 Å². The standard InChI is InChI=1S/C24H26N4O3/c25-24(29)17-8-11-28(12-9-17)15-21-13-18-3-6-20(14-23(18)31-21)30-19-4-1-16(2-5-19)22-7-10-26-27-22/h1-7,10,14,17,21H,8-9,11-13,15H2,(H2,25,29)(H,26,27). The lowest BCUT2D eigenvalue weighted by molar-refractivity contribution is -0.123. The number of aromatic nitrogens is 2. The van der Waals surface area contributed by atoms with Crippen LogP contribution in [0.3, 0.4) is 0 Å². The molecule has 2 aromatic carbocycles. The third-order valence-electron chi connectivity index (χ3n) is 6.13. The minimum Gasteiger partial charge on any atom is -0.488 e. The molecule has 3 aromatic rings. The Morgan fingerprint density at radius 2 is 1.90 bits per heavy atom. The Morgan fingerprint density at radius 1 is 1.13 bits per heavy atom. The van der Waals surface area contributed by atoms with Crippen LogP contribution in [0.4, 0.5) is 0 Å². The number of hydrogen-bond acceptors (Lipinski definition) is 5. The summed E-state index contributed by atoms with van der Waals surface area (Å²) < 4.78 is 12.2. The van der Waals surface area contributed by atoms with Gasteiger partial charge in [0.2, 0.25) is 5.91 Å². The number of carbonyl (C=O) groups excluding carboxylic acids is 1. The number of nitrogens with two attached hydrogens (primary N) is 1. The number of H-pyrrole nitrogens is 1. The number of fused-ring (bicyclic) bond motifs is 1. The number of ether oxygens (including phenoxy) is 2. The number of carbonyl (C=O) groups is 1. The van der Waals surface area contributed by atoms with Crippen molar-refractivity contribution in [1.82, 2.24) is 15.1 Å². The molecule has 5 rings (SSSR count). The summed E-state index contributed by atoms with van der Waals surface area (Å²) in [6.45, 7) is 2.66. The third kappa shape index (κ3) is 4.41. The summed E-state index contributed by atoms with van der Waals surface area (Å²) in [7, 11) is 0. The van der Waals surface area contributed by atoms with Crippen molar-refractivity contribution in [1.29, 1.82) is 0 Å². The van der Waals surface area contributed by atoms with Crippen LogP contribution in [-0.4, -0.2) is 46.7 Å². The maximum Gasteiger partial charge on any atom is 0.220 e. The summed E-state index contributed by atoms with van der Waals surface area (Å²) in [6, 6.07) is 15.9. The molecule has 0 saturated carbocycles. The third-order valence-corrected chi connectivity index (χ3v) is 6.13. The minimum atomic E-state index is -0.173. The predicted molar refractivity (Wildman–Crippen MR) is 117 cm³/mol. The first-order valence-corrected chi connectivity index (χ1v) is 10.7. The van der Waals surface area contributed by atoms with Gasteiger partial charge in [0.15, 0.2) is 0 Å². The second-order valence-corrected chi connectivity index (χ2v) is 8.29. The van der Waals surface area contributed by atoms with Crippen LogP contribution >= 0.6 is 0 Å². The number of rotatable bonds is 6. The first-order valence-electron chi connectivity index (χ1n) is 10.7. The van der Waals surface area contributed by atoms with Crippen LogP contribution in [0.2, 0.25) is 0 Å². The summed E-state index contributed by atoms with van der Waals surface area (Å²) in [5.41, 5.74) is 8.68. The largest absolute Gasteiger partial charge is 0.488 e. The number of likely N-dealkylation sites (tertiary alicyclic amines) is 1. The Balaban J connectivity index is 1.18. The maximum atomic E-state index is 11.4. The molecule has 1 saturated heterocycles. The van der Waals surface area contributed by atoms with Gasteiger partial charge >= 0.3 is 0 Å². The van der Waals surface area contributed by atoms with Crippen LogP contribution in [0.25, 0.3) is 11.3 Å². The first kappa shape index (κ1) is 19.6. The summed E-state index contributed by atoms with van der Waals surface area (Å²) >= 11 is 0. The molecular formula is C24H26N4O3. The van der Waals surface area contributed by atoms with Gasteiger partial charge in [-0.15, -0.1) is 0 Å². The topological polar surface area (TPSA) is 93.5 Å². The van der Waals surface area contributed by atoms with E-state index in [1.165, 1.54) is 5.56 Å². The molecule has 2 aliphatic rings. The summed E-state index contributed by atoms with van der Waals surface area (Å²) in [4.78, 5) is 13.7. The zero-order valence-corrected chi connectivity index (χ0v) is 17.3. The van der Waals surface area contributed by atoms with E-state index in [-0.39, 0.29) is 17.9 Å². The molecule has 0 spiro atoms. The van der Waals surface area contributed by atoms with Crippen molar-refractivity contribution in [3.8, 4) is 28.5 Å². The lowest BCUT2D eigenvalue weighted by atomic mass is 9.96. The van der Waals surface area contributed by atoms with E-state index < -0.39 is 0 Å². The molecule has 0 radical (unpaired) electrons. The predicted octanol–water partition coefficient (Wildman–Crippen LogP) is 3.37. The van der Waals surface area contributed by atoms with Gasteiger partial charge in [0.25, 0.3) is 0 Å². The highest BCUT2D eigenvalue weighted by Crippen LogP contribution is 2.35. The van der Waals surface area contributed by atoms with Crippen molar-refractivity contribution < 1.29 is 14.3 Å². The molecule has 3 N–H and O–H groups in total. The van der Waals surface area contributed by atoms with Gasteiger partial charge in [0.05, 0.1) is 5.69 Å². The maximum absolute atomic E-state index is 11.4. The van der Waals surface area contributed by atoms with Crippen molar-refractivity contribution >= 4 is 5.91 Å². The van der Waals surface area contributed by atoms with E-state index in [0.717, 1.165) is 67.4 Å². The Labute approximate surface area is 181 Å². The van der Waals surface area contributed by atoms with Gasteiger partial charge in [-0.1, -0.05) is 6.07 Å². The molecule has 7 heteroatoms. The Hall–Kier alpha value is -3.32. The molecular weight excluding hydrogens is 392 g/mol. The summed E-state index contributed by atoms with van der Waals surface area (Å²) in [5, 5.41) is 6.94. The van der Waals surface area contributed by atoms with Crippen molar-refractivity contribution in [3.63, 3.8) is 0 Å². The molecule has 1 fully saturated rings. The lowest BCUT2D eigenvalue weighted by Gasteiger charge is -2.31. The van der Waals surface area contributed by atoms with Gasteiger partial charge in [-0.25, -0.2) is 0 Å². The molecule has 7 nitrogen and oxygen atoms in total. The second-order valence-electron chi connectivity index (χ2n) is 8.29. The van der Waals surface area contributed by atoms with Gasteiger partial charge in [-0.3, -0.25) is 14.8 Å². The van der Waals surface area contributed by atoms with Crippen LogP contribution in [0.5, 0.6) is 17.2 Å². The second kappa shape index (κ2) is 8.43. The van der Waals surface area contributed by atoms with E-state index >= 15 is 0 Å². The van der Waals surface area contributed by atoms with Gasteiger partial charge in [-0.2, -0.15) is 5.10 Å². The Morgan fingerprint density at radius 3 is 2.61 bits per heavy atom. The lowest BCUT2D eigenvalue weighted by Crippen LogP contribution is -2.42. The average molecular weight is 418 g/mol. The minimum absolute atomic E-state index is 0.0196. The number of nitrogens with one attached hydrogen (secondary N) is 1. The van der Waals surface area contributed by atoms with Crippen molar-refractivity contribution in [3.05, 3.63) is 60.3 Å². The molecule has 1 unspecified atom stereocenters. The zero-order chi connectivity index (χ0) is 21.2. The smallest absolute Gasteiger partial charge is 0.220 e. The molecule has 3 heterocycles. The number of amides is 1. The molecule has 2 aliphatic heterocycles. The molecule has 160 valence electrons. The fraction of sp³-hybridized carbons (Fsp3) is 0.333. The van der Waals surface area contributed by atoms with Crippen molar-refractivity contribution in [2.45, 2.75) is 25.4 Å². The van der Waals surface area contributed by atoms with Crippen molar-refractivity contribution in [2.75, 3.05) is 19.6 Å². The average Bonchev–Trinajstić information content (AvgIpc) is 3.44. The van der Waals surface area contributed by atoms with Crippen LogP contribution in [-0.2, 0) is 11.2 Å². The molecule has 1 atom stereocenters. The van der Waals surface area contributed by atoms with Gasteiger partial charge in [-0.05, 0) is 73.5 Å². The van der Waals surface area contributed by atoms with E-state index in [9.17, 15) is 4.79 Å². The monoisotopic (exact) mass is 418 g/mol. The van der Waals surface area contributed by atoms with Crippen LogP contribution in [0.15, 0.2) is 54.7 Å². The number of piperidine rings is 1. The van der Waals surface area contributed by atoms with Gasteiger partial charge < -0.3 is 15.2 Å². The molecule has 1 aromatic heterocycles. The Bertz CT molecular complexity index is 1040. The number of nitrogens with zero attached hydrogens (tertiary/aromatic N) is 2. The summed E-state index contributed by atoms with van der Waals surface area (Å²) in [5.74, 6) is 2.27. The highest BCUT2D eigenvalue weighted by atomic mass is 16.5. The number of benzene rings is 2. The quantitative estimate of drug-likeness (QED) is 0.640. The van der Waals surface area contributed by atoms with E-state index in [4.69, 9.17) is 15.2 Å². The number of hydrogen-bond donors (Lipinski definition) is 2. The molecule has 0 bridgehead atoms. The van der Waals surface area contributed by atoms with Crippen molar-refractivity contribution in [2.24, 2.45) is 11.7 Å². The zero-order valence-electron chi connectivity index (χ0n) is 17.3. The van der Waals surface area contributed by atoms with Crippen LogP contribution in [0, 0.1) is 5.92 Å². The molecule has 31 heavy (non-hydrogen) atoms.